The van der Waals surface area contributed by atoms with Crippen LogP contribution in [-0.2, 0) is 12.6 Å². The second kappa shape index (κ2) is 7.69. The van der Waals surface area contributed by atoms with Crippen molar-refractivity contribution < 1.29 is 23.1 Å². The van der Waals surface area contributed by atoms with E-state index in [4.69, 9.17) is 5.11 Å². The van der Waals surface area contributed by atoms with Crippen molar-refractivity contribution in [2.45, 2.75) is 12.6 Å². The number of rotatable bonds is 5. The number of hydrogen-bond donors (Lipinski definition) is 3. The molecule has 0 spiro atoms. The molecule has 2 heterocycles. The minimum Gasteiger partial charge on any atom is -0.396 e. The van der Waals surface area contributed by atoms with Gasteiger partial charge >= 0.3 is 6.18 Å². The Labute approximate surface area is 156 Å². The minimum atomic E-state index is -4.54. The number of alkyl halides is 3. The van der Waals surface area contributed by atoms with E-state index in [0.29, 0.717) is 18.3 Å². The number of H-pyrrole nitrogens is 1. The van der Waals surface area contributed by atoms with Crippen LogP contribution in [-0.4, -0.2) is 32.4 Å². The zero-order chi connectivity index (χ0) is 20.3. The molecule has 1 amide bonds. The van der Waals surface area contributed by atoms with Crippen molar-refractivity contribution in [1.82, 2.24) is 14.8 Å². The molecule has 3 aromatic rings. The molecule has 0 atom stereocenters. The molecule has 0 saturated carbocycles. The molecule has 0 bridgehead atoms. The maximum Gasteiger partial charge on any atom is 0.417 e. The van der Waals surface area contributed by atoms with Crippen LogP contribution in [0.1, 0.15) is 21.6 Å². The highest BCUT2D eigenvalue weighted by Crippen LogP contribution is 2.28. The Kier molecular flexibility index (Phi) is 5.32. The SMILES string of the molecule is O=C(Nc1cccc(CCO)c1)c1cc(=O)n(-c2ccc(C(F)(F)F)cn2)[nH]1. The van der Waals surface area contributed by atoms with Crippen LogP contribution in [0.3, 0.4) is 0 Å². The number of nitrogens with one attached hydrogen (secondary N) is 2. The number of amides is 1. The third-order valence-corrected chi connectivity index (χ3v) is 3.85. The van der Waals surface area contributed by atoms with Crippen LogP contribution in [0, 0.1) is 0 Å². The minimum absolute atomic E-state index is 0.0340. The van der Waals surface area contributed by atoms with Crippen molar-refractivity contribution in [3.05, 3.63) is 75.8 Å². The number of hydrogen-bond acceptors (Lipinski definition) is 4. The lowest BCUT2D eigenvalue weighted by molar-refractivity contribution is -0.137. The van der Waals surface area contributed by atoms with Gasteiger partial charge in [-0.15, -0.1) is 0 Å². The van der Waals surface area contributed by atoms with E-state index >= 15 is 0 Å². The topological polar surface area (TPSA) is 100 Å². The van der Waals surface area contributed by atoms with E-state index in [9.17, 15) is 22.8 Å². The molecule has 0 aliphatic rings. The van der Waals surface area contributed by atoms with E-state index < -0.39 is 23.2 Å². The summed E-state index contributed by atoms with van der Waals surface area (Å²) in [6.45, 7) is -0.0340. The van der Waals surface area contributed by atoms with Crippen LogP contribution >= 0.6 is 0 Å². The molecule has 0 saturated heterocycles. The Morgan fingerprint density at radius 3 is 2.64 bits per heavy atom. The number of aliphatic hydroxyl groups is 1. The summed E-state index contributed by atoms with van der Waals surface area (Å²) in [4.78, 5) is 28.1. The quantitative estimate of drug-likeness (QED) is 0.621. The van der Waals surface area contributed by atoms with Gasteiger partial charge in [0.1, 0.15) is 5.69 Å². The fraction of sp³-hybridized carbons (Fsp3) is 0.167. The number of pyridine rings is 1. The summed E-state index contributed by atoms with van der Waals surface area (Å²) in [5.41, 5.74) is -0.389. The van der Waals surface area contributed by atoms with Gasteiger partial charge in [-0.25, -0.2) is 9.67 Å². The van der Waals surface area contributed by atoms with E-state index in [1.165, 1.54) is 0 Å². The van der Waals surface area contributed by atoms with Crippen LogP contribution < -0.4 is 10.9 Å². The van der Waals surface area contributed by atoms with E-state index in [1.54, 1.807) is 24.3 Å². The van der Waals surface area contributed by atoms with E-state index in [2.05, 4.69) is 15.4 Å². The molecule has 7 nitrogen and oxygen atoms in total. The average molecular weight is 392 g/mol. The highest BCUT2D eigenvalue weighted by atomic mass is 19.4. The highest BCUT2D eigenvalue weighted by molar-refractivity contribution is 6.02. The van der Waals surface area contributed by atoms with Gasteiger partial charge < -0.3 is 10.4 Å². The van der Waals surface area contributed by atoms with Crippen molar-refractivity contribution in [2.24, 2.45) is 0 Å². The third-order valence-electron chi connectivity index (χ3n) is 3.85. The van der Waals surface area contributed by atoms with Crippen molar-refractivity contribution in [3.63, 3.8) is 0 Å². The number of carbonyl (C=O) groups excluding carboxylic acids is 1. The van der Waals surface area contributed by atoms with Gasteiger partial charge in [0.05, 0.1) is 5.56 Å². The molecule has 146 valence electrons. The number of aromatic nitrogens is 3. The third kappa shape index (κ3) is 4.29. The number of carbonyl (C=O) groups is 1. The fourth-order valence-electron chi connectivity index (χ4n) is 2.50. The zero-order valence-corrected chi connectivity index (χ0v) is 14.3. The predicted molar refractivity (Wildman–Crippen MR) is 94.4 cm³/mol. The maximum absolute atomic E-state index is 12.6. The van der Waals surface area contributed by atoms with Gasteiger partial charge in [0.25, 0.3) is 11.5 Å². The van der Waals surface area contributed by atoms with Gasteiger partial charge in [-0.1, -0.05) is 12.1 Å². The monoisotopic (exact) mass is 392 g/mol. The average Bonchev–Trinajstić information content (AvgIpc) is 3.04. The lowest BCUT2D eigenvalue weighted by atomic mass is 10.1. The smallest absolute Gasteiger partial charge is 0.396 e. The van der Waals surface area contributed by atoms with Crippen molar-refractivity contribution in [3.8, 4) is 5.82 Å². The molecule has 1 aromatic carbocycles. The maximum atomic E-state index is 12.6. The number of aromatic amines is 1. The van der Waals surface area contributed by atoms with Gasteiger partial charge in [0.15, 0.2) is 5.82 Å². The molecule has 0 aliphatic heterocycles. The normalized spacial score (nSPS) is 11.4. The first-order valence-corrected chi connectivity index (χ1v) is 8.15. The molecule has 0 radical (unpaired) electrons. The summed E-state index contributed by atoms with van der Waals surface area (Å²) in [6.07, 6.45) is -3.51. The second-order valence-corrected chi connectivity index (χ2v) is 5.87. The molecule has 3 N–H and O–H groups in total. The van der Waals surface area contributed by atoms with Crippen LogP contribution in [0.5, 0.6) is 0 Å². The number of aliphatic hydroxyl groups excluding tert-OH is 1. The van der Waals surface area contributed by atoms with E-state index in [1.807, 2.05) is 0 Å². The first-order valence-electron chi connectivity index (χ1n) is 8.15. The zero-order valence-electron chi connectivity index (χ0n) is 14.3. The molecule has 2 aromatic heterocycles. The van der Waals surface area contributed by atoms with Crippen molar-refractivity contribution in [2.75, 3.05) is 11.9 Å². The number of anilines is 1. The summed E-state index contributed by atoms with van der Waals surface area (Å²) in [5.74, 6) is -0.689. The Morgan fingerprint density at radius 1 is 1.21 bits per heavy atom. The number of halogens is 3. The molecule has 0 fully saturated rings. The fourth-order valence-corrected chi connectivity index (χ4v) is 2.50. The van der Waals surface area contributed by atoms with Gasteiger partial charge in [-0.05, 0) is 36.2 Å². The Morgan fingerprint density at radius 2 is 2.00 bits per heavy atom. The van der Waals surface area contributed by atoms with Crippen LogP contribution in [0.4, 0.5) is 18.9 Å². The standard InChI is InChI=1S/C18H15F3N4O3/c19-18(20,21)12-4-5-15(22-10-12)25-16(27)9-14(24-25)17(28)23-13-3-1-2-11(8-13)6-7-26/h1-5,8-10,24,26H,6-7H2,(H,23,28). The van der Waals surface area contributed by atoms with E-state index in [-0.39, 0.29) is 18.1 Å². The van der Waals surface area contributed by atoms with Crippen LogP contribution in [0.15, 0.2) is 53.5 Å². The Balaban J connectivity index is 1.81. The van der Waals surface area contributed by atoms with Crippen LogP contribution in [0.25, 0.3) is 5.82 Å². The van der Waals surface area contributed by atoms with Crippen molar-refractivity contribution >= 4 is 11.6 Å². The summed E-state index contributed by atoms with van der Waals surface area (Å²) in [7, 11) is 0. The molecule has 0 unspecified atom stereocenters. The molecule has 3 rings (SSSR count). The summed E-state index contributed by atoms with van der Waals surface area (Å²) in [6, 6.07) is 9.67. The summed E-state index contributed by atoms with van der Waals surface area (Å²) >= 11 is 0. The Hall–Kier alpha value is -3.40. The van der Waals surface area contributed by atoms with Gasteiger partial charge in [0.2, 0.25) is 0 Å². The molecular weight excluding hydrogens is 377 g/mol. The lowest BCUT2D eigenvalue weighted by Gasteiger charge is -2.07. The number of benzene rings is 1. The van der Waals surface area contributed by atoms with Crippen molar-refractivity contribution in [1.29, 1.82) is 0 Å². The molecule has 10 heteroatoms. The van der Waals surface area contributed by atoms with Gasteiger partial charge in [-0.2, -0.15) is 13.2 Å². The molecule has 0 aliphatic carbocycles. The lowest BCUT2D eigenvalue weighted by Crippen LogP contribution is -2.16. The molecular formula is C18H15F3N4O3. The Bertz CT molecular complexity index is 1040. The highest BCUT2D eigenvalue weighted by Gasteiger charge is 2.30. The van der Waals surface area contributed by atoms with Gasteiger partial charge in [-0.3, -0.25) is 14.7 Å². The second-order valence-electron chi connectivity index (χ2n) is 5.87. The number of nitrogens with zero attached hydrogens (tertiary/aromatic N) is 2. The summed E-state index contributed by atoms with van der Waals surface area (Å²) < 4.78 is 38.7. The van der Waals surface area contributed by atoms with Gasteiger partial charge in [0, 0.05) is 24.6 Å². The van der Waals surface area contributed by atoms with E-state index in [0.717, 1.165) is 28.4 Å². The van der Waals surface area contributed by atoms with Crippen LogP contribution in [0.2, 0.25) is 0 Å². The predicted octanol–water partition coefficient (Wildman–Crippen LogP) is 2.37. The molecule has 28 heavy (non-hydrogen) atoms. The summed E-state index contributed by atoms with van der Waals surface area (Å²) in [5, 5.41) is 14.1. The first-order chi connectivity index (χ1) is 13.3. The largest absolute Gasteiger partial charge is 0.417 e. The first kappa shape index (κ1) is 19.4.